The number of benzene rings is 2. The Morgan fingerprint density at radius 3 is 2.29 bits per heavy atom. The Kier molecular flexibility index (Phi) is 6.02. The molecule has 1 atom stereocenters. The zero-order chi connectivity index (χ0) is 20.1. The van der Waals surface area contributed by atoms with E-state index >= 15 is 0 Å². The SMILES string of the molecule is CC(C)(C)OC(=O)N1CCCC1COc1ccc(C(=O)c2ccccc2)cc1. The van der Waals surface area contributed by atoms with Crippen LogP contribution in [-0.4, -0.2) is 41.6 Å². The highest BCUT2D eigenvalue weighted by Gasteiger charge is 2.32. The molecule has 0 saturated carbocycles. The third kappa shape index (κ3) is 5.12. The molecule has 1 amide bonds. The molecule has 0 radical (unpaired) electrons. The molecular weight excluding hydrogens is 354 g/mol. The van der Waals surface area contributed by atoms with Crippen molar-refractivity contribution in [3.8, 4) is 5.75 Å². The van der Waals surface area contributed by atoms with Crippen molar-refractivity contribution in [1.29, 1.82) is 0 Å². The summed E-state index contributed by atoms with van der Waals surface area (Å²) in [7, 11) is 0. The largest absolute Gasteiger partial charge is 0.491 e. The Morgan fingerprint density at radius 1 is 1.00 bits per heavy atom. The summed E-state index contributed by atoms with van der Waals surface area (Å²) in [6, 6.07) is 16.3. The third-order valence-corrected chi connectivity index (χ3v) is 4.60. The van der Waals surface area contributed by atoms with E-state index in [9.17, 15) is 9.59 Å². The summed E-state index contributed by atoms with van der Waals surface area (Å²) in [6.07, 6.45) is 1.55. The predicted octanol–water partition coefficient (Wildman–Crippen LogP) is 4.70. The minimum atomic E-state index is -0.508. The van der Waals surface area contributed by atoms with Gasteiger partial charge in [0.1, 0.15) is 18.0 Å². The van der Waals surface area contributed by atoms with Gasteiger partial charge >= 0.3 is 6.09 Å². The Bertz CT molecular complexity index is 809. The van der Waals surface area contributed by atoms with Crippen molar-refractivity contribution in [3.05, 3.63) is 65.7 Å². The van der Waals surface area contributed by atoms with Crippen LogP contribution in [0.25, 0.3) is 0 Å². The van der Waals surface area contributed by atoms with E-state index in [1.807, 2.05) is 39.0 Å². The minimum absolute atomic E-state index is 0.000442. The third-order valence-electron chi connectivity index (χ3n) is 4.60. The summed E-state index contributed by atoms with van der Waals surface area (Å²) in [6.45, 7) is 6.69. The Labute approximate surface area is 166 Å². The lowest BCUT2D eigenvalue weighted by atomic mass is 10.0. The summed E-state index contributed by atoms with van der Waals surface area (Å²) < 4.78 is 11.4. The second-order valence-corrected chi connectivity index (χ2v) is 8.00. The number of amides is 1. The molecule has 28 heavy (non-hydrogen) atoms. The van der Waals surface area contributed by atoms with Crippen LogP contribution < -0.4 is 4.74 Å². The molecule has 1 aliphatic heterocycles. The maximum Gasteiger partial charge on any atom is 0.410 e. The Hall–Kier alpha value is -2.82. The van der Waals surface area contributed by atoms with Crippen LogP contribution in [0, 0.1) is 0 Å². The second kappa shape index (κ2) is 8.46. The van der Waals surface area contributed by atoms with Gasteiger partial charge in [-0.15, -0.1) is 0 Å². The van der Waals surface area contributed by atoms with E-state index in [1.54, 1.807) is 41.3 Å². The van der Waals surface area contributed by atoms with Crippen LogP contribution in [0.5, 0.6) is 5.75 Å². The van der Waals surface area contributed by atoms with Gasteiger partial charge in [0.25, 0.3) is 0 Å². The van der Waals surface area contributed by atoms with Crippen LogP contribution in [-0.2, 0) is 4.74 Å². The van der Waals surface area contributed by atoms with Gasteiger partial charge in [0, 0.05) is 17.7 Å². The average molecular weight is 381 g/mol. The van der Waals surface area contributed by atoms with Crippen LogP contribution in [0.3, 0.4) is 0 Å². The molecule has 0 N–H and O–H groups in total. The van der Waals surface area contributed by atoms with E-state index in [0.29, 0.717) is 30.0 Å². The van der Waals surface area contributed by atoms with Crippen LogP contribution in [0.4, 0.5) is 4.79 Å². The van der Waals surface area contributed by atoms with E-state index in [1.165, 1.54) is 0 Å². The molecule has 5 heteroatoms. The van der Waals surface area contributed by atoms with Crippen LogP contribution in [0.2, 0.25) is 0 Å². The van der Waals surface area contributed by atoms with E-state index in [2.05, 4.69) is 0 Å². The zero-order valence-corrected chi connectivity index (χ0v) is 16.7. The summed E-state index contributed by atoms with van der Waals surface area (Å²) in [5, 5.41) is 0. The van der Waals surface area contributed by atoms with E-state index in [0.717, 1.165) is 12.8 Å². The van der Waals surface area contributed by atoms with Gasteiger partial charge in [0.15, 0.2) is 5.78 Å². The fourth-order valence-electron chi connectivity index (χ4n) is 3.22. The molecule has 148 valence electrons. The number of likely N-dealkylation sites (tertiary alicyclic amines) is 1. The van der Waals surface area contributed by atoms with Gasteiger partial charge in [0.2, 0.25) is 0 Å². The number of rotatable bonds is 5. The number of ketones is 1. The zero-order valence-electron chi connectivity index (χ0n) is 16.7. The lowest BCUT2D eigenvalue weighted by Gasteiger charge is -2.28. The van der Waals surface area contributed by atoms with Gasteiger partial charge in [-0.05, 0) is 57.9 Å². The first kappa shape index (κ1) is 19.9. The van der Waals surface area contributed by atoms with E-state index < -0.39 is 5.60 Å². The van der Waals surface area contributed by atoms with Crippen LogP contribution in [0.1, 0.15) is 49.5 Å². The first-order chi connectivity index (χ1) is 13.3. The number of carbonyl (C=O) groups is 2. The molecular formula is C23H27NO4. The van der Waals surface area contributed by atoms with Crippen LogP contribution in [0.15, 0.2) is 54.6 Å². The van der Waals surface area contributed by atoms with Crippen molar-refractivity contribution < 1.29 is 19.1 Å². The number of ether oxygens (including phenoxy) is 2. The molecule has 0 aromatic heterocycles. The molecule has 0 bridgehead atoms. The summed E-state index contributed by atoms with van der Waals surface area (Å²) >= 11 is 0. The van der Waals surface area contributed by atoms with Crippen molar-refractivity contribution in [2.24, 2.45) is 0 Å². The van der Waals surface area contributed by atoms with Gasteiger partial charge in [-0.3, -0.25) is 4.79 Å². The molecule has 2 aromatic carbocycles. The quantitative estimate of drug-likeness (QED) is 0.705. The summed E-state index contributed by atoms with van der Waals surface area (Å²) in [5.41, 5.74) is 0.775. The van der Waals surface area contributed by atoms with Crippen molar-refractivity contribution in [3.63, 3.8) is 0 Å². The van der Waals surface area contributed by atoms with Crippen molar-refractivity contribution >= 4 is 11.9 Å². The maximum atomic E-state index is 12.5. The van der Waals surface area contributed by atoms with Crippen LogP contribution >= 0.6 is 0 Å². The molecule has 1 heterocycles. The minimum Gasteiger partial charge on any atom is -0.491 e. The fraction of sp³-hybridized carbons (Fsp3) is 0.391. The molecule has 5 nitrogen and oxygen atoms in total. The van der Waals surface area contributed by atoms with Gasteiger partial charge in [0.05, 0.1) is 6.04 Å². The second-order valence-electron chi connectivity index (χ2n) is 8.00. The molecule has 0 aliphatic carbocycles. The van der Waals surface area contributed by atoms with E-state index in [4.69, 9.17) is 9.47 Å². The van der Waals surface area contributed by atoms with Gasteiger partial charge < -0.3 is 14.4 Å². The monoisotopic (exact) mass is 381 g/mol. The normalized spacial score (nSPS) is 16.7. The Morgan fingerprint density at radius 2 is 1.64 bits per heavy atom. The maximum absolute atomic E-state index is 12.5. The summed E-state index contributed by atoms with van der Waals surface area (Å²) in [5.74, 6) is 0.666. The molecule has 2 aromatic rings. The number of carbonyl (C=O) groups excluding carboxylic acids is 2. The lowest BCUT2D eigenvalue weighted by molar-refractivity contribution is 0.0187. The lowest BCUT2D eigenvalue weighted by Crippen LogP contribution is -2.42. The molecule has 1 saturated heterocycles. The van der Waals surface area contributed by atoms with E-state index in [-0.39, 0.29) is 17.9 Å². The number of hydrogen-bond donors (Lipinski definition) is 0. The highest BCUT2D eigenvalue weighted by Crippen LogP contribution is 2.22. The standard InChI is InChI=1S/C23H27NO4/c1-23(2,3)28-22(26)24-15-7-10-19(24)16-27-20-13-11-18(12-14-20)21(25)17-8-5-4-6-9-17/h4-6,8-9,11-14,19H,7,10,15-16H2,1-3H3. The smallest absolute Gasteiger partial charge is 0.410 e. The molecule has 1 aliphatic rings. The van der Waals surface area contributed by atoms with Gasteiger partial charge in [-0.2, -0.15) is 0 Å². The molecule has 0 spiro atoms. The summed E-state index contributed by atoms with van der Waals surface area (Å²) in [4.78, 5) is 26.6. The van der Waals surface area contributed by atoms with Crippen molar-refractivity contribution in [2.45, 2.75) is 45.3 Å². The van der Waals surface area contributed by atoms with Gasteiger partial charge in [-0.1, -0.05) is 30.3 Å². The number of hydrogen-bond acceptors (Lipinski definition) is 4. The predicted molar refractivity (Wildman–Crippen MR) is 108 cm³/mol. The highest BCUT2D eigenvalue weighted by atomic mass is 16.6. The average Bonchev–Trinajstić information content (AvgIpc) is 3.14. The topological polar surface area (TPSA) is 55.8 Å². The molecule has 3 rings (SSSR count). The first-order valence-corrected chi connectivity index (χ1v) is 9.66. The van der Waals surface area contributed by atoms with Crippen molar-refractivity contribution in [1.82, 2.24) is 4.90 Å². The van der Waals surface area contributed by atoms with Gasteiger partial charge in [-0.25, -0.2) is 4.79 Å². The molecule has 1 unspecified atom stereocenters. The number of nitrogens with zero attached hydrogens (tertiary/aromatic N) is 1. The first-order valence-electron chi connectivity index (χ1n) is 9.66. The van der Waals surface area contributed by atoms with Crippen molar-refractivity contribution in [2.75, 3.05) is 13.2 Å². The fourth-order valence-corrected chi connectivity index (χ4v) is 3.22. The highest BCUT2D eigenvalue weighted by molar-refractivity contribution is 6.08. The Balaban J connectivity index is 1.57. The molecule has 1 fully saturated rings.